The van der Waals surface area contributed by atoms with E-state index in [1.807, 2.05) is 30.3 Å². The molecule has 0 saturated heterocycles. The quantitative estimate of drug-likeness (QED) is 0.476. The number of hydrogen-bond acceptors (Lipinski definition) is 6. The monoisotopic (exact) mass is 428 g/mol. The van der Waals surface area contributed by atoms with E-state index >= 15 is 0 Å². The predicted molar refractivity (Wildman–Crippen MR) is 119 cm³/mol. The van der Waals surface area contributed by atoms with Crippen LogP contribution in [0.4, 0.5) is 0 Å². The molecule has 4 rings (SSSR count). The molecule has 0 atom stereocenters. The minimum Gasteiger partial charge on any atom is -0.353 e. The molecular formula is C23H20N6O3. The molecule has 0 saturated carbocycles. The smallest absolute Gasteiger partial charge is 0.267 e. The van der Waals surface area contributed by atoms with Crippen molar-refractivity contribution in [2.75, 3.05) is 6.54 Å². The summed E-state index contributed by atoms with van der Waals surface area (Å²) < 4.78 is 2.41. The van der Waals surface area contributed by atoms with Crippen LogP contribution < -0.4 is 16.4 Å². The van der Waals surface area contributed by atoms with Crippen LogP contribution in [0.25, 0.3) is 22.5 Å². The Kier molecular flexibility index (Phi) is 6.26. The van der Waals surface area contributed by atoms with Gasteiger partial charge in [0.2, 0.25) is 5.91 Å². The van der Waals surface area contributed by atoms with E-state index in [1.165, 1.54) is 16.8 Å². The fourth-order valence-electron chi connectivity index (χ4n) is 3.10. The van der Waals surface area contributed by atoms with Crippen molar-refractivity contribution in [2.45, 2.75) is 13.1 Å². The van der Waals surface area contributed by atoms with Crippen LogP contribution in [0.1, 0.15) is 0 Å². The van der Waals surface area contributed by atoms with E-state index in [0.29, 0.717) is 11.4 Å². The number of nitrogens with one attached hydrogen (secondary N) is 1. The molecule has 0 fully saturated rings. The van der Waals surface area contributed by atoms with E-state index < -0.39 is 5.91 Å². The van der Waals surface area contributed by atoms with Gasteiger partial charge in [-0.1, -0.05) is 30.3 Å². The van der Waals surface area contributed by atoms with Crippen molar-refractivity contribution in [3.63, 3.8) is 0 Å². The largest absolute Gasteiger partial charge is 0.353 e. The third-order valence-electron chi connectivity index (χ3n) is 4.72. The highest BCUT2D eigenvalue weighted by Gasteiger charge is 2.09. The molecule has 9 heteroatoms. The highest BCUT2D eigenvalue weighted by molar-refractivity contribution is 5.75. The lowest BCUT2D eigenvalue weighted by molar-refractivity contribution is -0.121. The van der Waals surface area contributed by atoms with Crippen molar-refractivity contribution >= 4 is 5.91 Å². The maximum Gasteiger partial charge on any atom is 0.267 e. The molecule has 9 nitrogen and oxygen atoms in total. The average molecular weight is 428 g/mol. The second-order valence-electron chi connectivity index (χ2n) is 6.95. The molecule has 0 radical (unpaired) electrons. The molecule has 4 aromatic rings. The van der Waals surface area contributed by atoms with Gasteiger partial charge in [0.1, 0.15) is 6.54 Å². The van der Waals surface area contributed by atoms with Gasteiger partial charge >= 0.3 is 0 Å². The first-order valence-electron chi connectivity index (χ1n) is 9.99. The van der Waals surface area contributed by atoms with Gasteiger partial charge in [0.25, 0.3) is 11.1 Å². The van der Waals surface area contributed by atoms with Gasteiger partial charge in [0, 0.05) is 42.2 Å². The molecule has 3 aromatic heterocycles. The van der Waals surface area contributed by atoms with Crippen molar-refractivity contribution in [3.05, 3.63) is 99.8 Å². The van der Waals surface area contributed by atoms with Crippen LogP contribution in [0.15, 0.2) is 88.7 Å². The van der Waals surface area contributed by atoms with Gasteiger partial charge in [-0.2, -0.15) is 10.2 Å². The number of carbonyl (C=O) groups is 1. The summed E-state index contributed by atoms with van der Waals surface area (Å²) in [5.41, 5.74) is 2.27. The molecule has 0 aliphatic carbocycles. The molecule has 3 heterocycles. The van der Waals surface area contributed by atoms with Crippen molar-refractivity contribution < 1.29 is 4.79 Å². The maximum atomic E-state index is 12.3. The molecule has 0 bridgehead atoms. The summed E-state index contributed by atoms with van der Waals surface area (Å²) in [6.45, 7) is 0.150. The van der Waals surface area contributed by atoms with Crippen LogP contribution in [0.3, 0.4) is 0 Å². The lowest BCUT2D eigenvalue weighted by Gasteiger charge is -2.10. The summed E-state index contributed by atoms with van der Waals surface area (Å²) in [6, 6.07) is 19.1. The molecule has 1 N–H and O–H groups in total. The van der Waals surface area contributed by atoms with E-state index in [-0.39, 0.29) is 30.8 Å². The minimum atomic E-state index is -0.390. The number of nitrogens with zero attached hydrogens (tertiary/aromatic N) is 5. The molecule has 0 unspecified atom stereocenters. The number of aromatic nitrogens is 5. The molecule has 32 heavy (non-hydrogen) atoms. The van der Waals surface area contributed by atoms with Crippen LogP contribution in [0.5, 0.6) is 0 Å². The molecule has 160 valence electrons. The SMILES string of the molecule is O=C(Cn1nc(-c2ccncc2)ccc1=O)NCCn1nc(-c2ccccc2)ccc1=O. The van der Waals surface area contributed by atoms with Gasteiger partial charge in [-0.05, 0) is 24.3 Å². The van der Waals surface area contributed by atoms with Crippen LogP contribution in [0, 0.1) is 0 Å². The first-order valence-corrected chi connectivity index (χ1v) is 9.99. The molecule has 1 amide bonds. The lowest BCUT2D eigenvalue weighted by Crippen LogP contribution is -2.36. The Hall–Kier alpha value is -4.40. The number of carbonyl (C=O) groups excluding carboxylic acids is 1. The Morgan fingerprint density at radius 2 is 1.34 bits per heavy atom. The Bertz CT molecular complexity index is 1330. The molecular weight excluding hydrogens is 408 g/mol. The van der Waals surface area contributed by atoms with Gasteiger partial charge in [-0.3, -0.25) is 19.4 Å². The summed E-state index contributed by atoms with van der Waals surface area (Å²) in [5, 5.41) is 11.3. The first kappa shape index (κ1) is 20.9. The lowest BCUT2D eigenvalue weighted by atomic mass is 10.1. The second-order valence-corrected chi connectivity index (χ2v) is 6.95. The van der Waals surface area contributed by atoms with E-state index in [9.17, 15) is 14.4 Å². The summed E-state index contributed by atoms with van der Waals surface area (Å²) in [7, 11) is 0. The zero-order chi connectivity index (χ0) is 22.3. The molecule has 1 aromatic carbocycles. The number of benzene rings is 1. The van der Waals surface area contributed by atoms with Gasteiger partial charge in [0.05, 0.1) is 17.9 Å². The Morgan fingerprint density at radius 3 is 2.03 bits per heavy atom. The standard InChI is InChI=1S/C23H20N6O3/c30-21(16-29-23(32)9-7-20(27-29)18-10-12-24-13-11-18)25-14-15-28-22(31)8-6-19(26-28)17-4-2-1-3-5-17/h1-13H,14-16H2,(H,25,30). The molecule has 0 aliphatic rings. The number of amides is 1. The van der Waals surface area contributed by atoms with Gasteiger partial charge in [-0.15, -0.1) is 0 Å². The van der Waals surface area contributed by atoms with E-state index in [0.717, 1.165) is 15.8 Å². The number of pyridine rings is 1. The van der Waals surface area contributed by atoms with Gasteiger partial charge in [-0.25, -0.2) is 9.36 Å². The van der Waals surface area contributed by atoms with E-state index in [4.69, 9.17) is 0 Å². The van der Waals surface area contributed by atoms with Gasteiger partial charge < -0.3 is 5.32 Å². The Labute approximate surface area is 183 Å². The summed E-state index contributed by atoms with van der Waals surface area (Å²) >= 11 is 0. The highest BCUT2D eigenvalue weighted by atomic mass is 16.2. The topological polar surface area (TPSA) is 112 Å². The van der Waals surface area contributed by atoms with Crippen LogP contribution >= 0.6 is 0 Å². The van der Waals surface area contributed by atoms with Crippen molar-refractivity contribution in [2.24, 2.45) is 0 Å². The third-order valence-corrected chi connectivity index (χ3v) is 4.72. The van der Waals surface area contributed by atoms with Crippen molar-refractivity contribution in [3.8, 4) is 22.5 Å². The number of rotatable bonds is 7. The van der Waals surface area contributed by atoms with Crippen LogP contribution in [0.2, 0.25) is 0 Å². The fourth-order valence-corrected chi connectivity index (χ4v) is 3.10. The third kappa shape index (κ3) is 5.01. The summed E-state index contributed by atoms with van der Waals surface area (Å²) in [5.74, 6) is -0.390. The Morgan fingerprint density at radius 1 is 0.750 bits per heavy atom. The predicted octanol–water partition coefficient (Wildman–Crippen LogP) is 1.35. The fraction of sp³-hybridized carbons (Fsp3) is 0.130. The highest BCUT2D eigenvalue weighted by Crippen LogP contribution is 2.14. The van der Waals surface area contributed by atoms with Gasteiger partial charge in [0.15, 0.2) is 0 Å². The summed E-state index contributed by atoms with van der Waals surface area (Å²) in [4.78, 5) is 40.5. The maximum absolute atomic E-state index is 12.3. The molecule has 0 aliphatic heterocycles. The normalized spacial score (nSPS) is 10.6. The second kappa shape index (κ2) is 9.61. The van der Waals surface area contributed by atoms with E-state index in [1.54, 1.807) is 36.7 Å². The zero-order valence-corrected chi connectivity index (χ0v) is 17.1. The average Bonchev–Trinajstić information content (AvgIpc) is 2.83. The van der Waals surface area contributed by atoms with E-state index in [2.05, 4.69) is 20.5 Å². The minimum absolute atomic E-state index is 0.183. The van der Waals surface area contributed by atoms with Crippen molar-refractivity contribution in [1.82, 2.24) is 29.9 Å². The zero-order valence-electron chi connectivity index (χ0n) is 17.1. The van der Waals surface area contributed by atoms with Crippen molar-refractivity contribution in [1.29, 1.82) is 0 Å². The summed E-state index contributed by atoms with van der Waals surface area (Å²) in [6.07, 6.45) is 3.25. The molecule has 0 spiro atoms. The number of hydrogen-bond donors (Lipinski definition) is 1. The van der Waals surface area contributed by atoms with Crippen LogP contribution in [-0.4, -0.2) is 37.0 Å². The first-order chi connectivity index (χ1) is 15.6. The Balaban J connectivity index is 1.39. The van der Waals surface area contributed by atoms with Crippen LogP contribution in [-0.2, 0) is 17.9 Å².